The number of thiophene rings is 1. The molecule has 0 spiro atoms. The van der Waals surface area contributed by atoms with Gasteiger partial charge in [-0.05, 0) is 12.1 Å². The summed E-state index contributed by atoms with van der Waals surface area (Å²) in [5.74, 6) is 0. The van der Waals surface area contributed by atoms with Crippen LogP contribution in [0.5, 0.6) is 0 Å². The summed E-state index contributed by atoms with van der Waals surface area (Å²) in [6, 6.07) is 3.90. The van der Waals surface area contributed by atoms with Crippen LogP contribution in [0.3, 0.4) is 0 Å². The molecule has 0 aliphatic carbocycles. The number of nitrogens with two attached hydrogens (primary N) is 1. The highest BCUT2D eigenvalue weighted by atomic mass is 35.5. The van der Waals surface area contributed by atoms with E-state index in [1.807, 2.05) is 23.7 Å². The van der Waals surface area contributed by atoms with E-state index in [1.165, 1.54) is 4.88 Å². The molecule has 0 fully saturated rings. The Hall–Kier alpha value is -0.840. The highest BCUT2D eigenvalue weighted by Crippen LogP contribution is 2.25. The SMILES string of the molecule is Cn1cncc1C(N)Cc1ccc(Cl)s1. The number of aromatic nitrogens is 2. The Labute approximate surface area is 97.5 Å². The molecule has 2 aromatic rings. The largest absolute Gasteiger partial charge is 0.336 e. The molecule has 2 rings (SSSR count). The van der Waals surface area contributed by atoms with Gasteiger partial charge in [-0.15, -0.1) is 11.3 Å². The molecule has 15 heavy (non-hydrogen) atoms. The Morgan fingerprint density at radius 2 is 2.40 bits per heavy atom. The van der Waals surface area contributed by atoms with E-state index in [4.69, 9.17) is 17.3 Å². The van der Waals surface area contributed by atoms with Crippen molar-refractivity contribution in [1.82, 2.24) is 9.55 Å². The van der Waals surface area contributed by atoms with Crippen LogP contribution in [-0.2, 0) is 13.5 Å². The zero-order valence-corrected chi connectivity index (χ0v) is 9.92. The highest BCUT2D eigenvalue weighted by molar-refractivity contribution is 7.16. The van der Waals surface area contributed by atoms with Crippen LogP contribution in [0.4, 0.5) is 0 Å². The lowest BCUT2D eigenvalue weighted by atomic mass is 10.1. The fraction of sp³-hybridized carbons (Fsp3) is 0.300. The summed E-state index contributed by atoms with van der Waals surface area (Å²) in [5, 5.41) is 0. The molecule has 0 bridgehead atoms. The zero-order chi connectivity index (χ0) is 10.8. The maximum Gasteiger partial charge on any atom is 0.0946 e. The standard InChI is InChI=1S/C10H12ClN3S/c1-14-6-13-5-9(14)8(12)4-7-2-3-10(11)15-7/h2-3,5-6,8H,4,12H2,1H3. The summed E-state index contributed by atoms with van der Waals surface area (Å²) in [7, 11) is 1.95. The van der Waals surface area contributed by atoms with Gasteiger partial charge in [0, 0.05) is 24.5 Å². The molecular weight excluding hydrogens is 230 g/mol. The zero-order valence-electron chi connectivity index (χ0n) is 8.35. The molecule has 0 radical (unpaired) electrons. The van der Waals surface area contributed by atoms with E-state index in [9.17, 15) is 0 Å². The van der Waals surface area contributed by atoms with Crippen molar-refractivity contribution in [2.24, 2.45) is 12.8 Å². The molecule has 80 valence electrons. The lowest BCUT2D eigenvalue weighted by Gasteiger charge is -2.10. The van der Waals surface area contributed by atoms with Crippen molar-refractivity contribution >= 4 is 22.9 Å². The van der Waals surface area contributed by atoms with Crippen molar-refractivity contribution in [3.8, 4) is 0 Å². The van der Waals surface area contributed by atoms with Gasteiger partial charge in [0.2, 0.25) is 0 Å². The van der Waals surface area contributed by atoms with Gasteiger partial charge in [0.15, 0.2) is 0 Å². The lowest BCUT2D eigenvalue weighted by molar-refractivity contribution is 0.661. The number of rotatable bonds is 3. The predicted molar refractivity (Wildman–Crippen MR) is 63.2 cm³/mol. The van der Waals surface area contributed by atoms with Crippen molar-refractivity contribution in [3.05, 3.63) is 39.6 Å². The first-order chi connectivity index (χ1) is 7.16. The average Bonchev–Trinajstić information content (AvgIpc) is 2.75. The van der Waals surface area contributed by atoms with Gasteiger partial charge in [-0.3, -0.25) is 0 Å². The maximum absolute atomic E-state index is 6.08. The summed E-state index contributed by atoms with van der Waals surface area (Å²) in [4.78, 5) is 5.25. The third-order valence-corrected chi connectivity index (χ3v) is 3.54. The Balaban J connectivity index is 2.10. The minimum Gasteiger partial charge on any atom is -0.336 e. The first kappa shape index (κ1) is 10.7. The number of hydrogen-bond acceptors (Lipinski definition) is 3. The van der Waals surface area contributed by atoms with Crippen molar-refractivity contribution < 1.29 is 0 Å². The molecule has 1 atom stereocenters. The third kappa shape index (κ3) is 2.40. The quantitative estimate of drug-likeness (QED) is 0.897. The van der Waals surface area contributed by atoms with Crippen molar-refractivity contribution in [3.63, 3.8) is 0 Å². The molecule has 2 N–H and O–H groups in total. The second kappa shape index (κ2) is 4.35. The van der Waals surface area contributed by atoms with E-state index >= 15 is 0 Å². The molecule has 0 amide bonds. The number of nitrogens with zero attached hydrogens (tertiary/aromatic N) is 2. The van der Waals surface area contributed by atoms with Gasteiger partial charge < -0.3 is 10.3 Å². The molecule has 0 aromatic carbocycles. The summed E-state index contributed by atoms with van der Waals surface area (Å²) in [6.07, 6.45) is 4.37. The topological polar surface area (TPSA) is 43.8 Å². The molecule has 0 aliphatic rings. The number of hydrogen-bond donors (Lipinski definition) is 1. The highest BCUT2D eigenvalue weighted by Gasteiger charge is 2.11. The van der Waals surface area contributed by atoms with Crippen LogP contribution in [0.1, 0.15) is 16.6 Å². The number of imidazole rings is 1. The molecular formula is C10H12ClN3S. The summed E-state index contributed by atoms with van der Waals surface area (Å²) >= 11 is 7.44. The van der Waals surface area contributed by atoms with Crippen molar-refractivity contribution in [2.45, 2.75) is 12.5 Å². The normalized spacial score (nSPS) is 13.0. The van der Waals surface area contributed by atoms with Crippen LogP contribution in [0.15, 0.2) is 24.7 Å². The summed E-state index contributed by atoms with van der Waals surface area (Å²) in [6.45, 7) is 0. The van der Waals surface area contributed by atoms with Gasteiger partial charge in [0.1, 0.15) is 0 Å². The molecule has 0 aliphatic heterocycles. The summed E-state index contributed by atoms with van der Waals surface area (Å²) < 4.78 is 2.75. The Kier molecular flexibility index (Phi) is 3.09. The third-order valence-electron chi connectivity index (χ3n) is 2.28. The fourth-order valence-electron chi connectivity index (χ4n) is 1.51. The van der Waals surface area contributed by atoms with Gasteiger partial charge in [0.05, 0.1) is 22.4 Å². The molecule has 1 unspecified atom stereocenters. The Bertz CT molecular complexity index is 449. The number of halogens is 1. The van der Waals surface area contributed by atoms with Gasteiger partial charge in [-0.2, -0.15) is 0 Å². The predicted octanol–water partition coefficient (Wildman–Crippen LogP) is 2.38. The molecule has 2 aromatic heterocycles. The van der Waals surface area contributed by atoms with E-state index in [1.54, 1.807) is 23.9 Å². The van der Waals surface area contributed by atoms with Gasteiger partial charge >= 0.3 is 0 Å². The van der Waals surface area contributed by atoms with Crippen LogP contribution < -0.4 is 5.73 Å². The monoisotopic (exact) mass is 241 g/mol. The second-order valence-corrected chi connectivity index (χ2v) is 5.25. The first-order valence-electron chi connectivity index (χ1n) is 4.63. The van der Waals surface area contributed by atoms with Crippen molar-refractivity contribution in [1.29, 1.82) is 0 Å². The average molecular weight is 242 g/mol. The Morgan fingerprint density at radius 1 is 1.60 bits per heavy atom. The minimum atomic E-state index is -0.0211. The molecule has 0 saturated carbocycles. The van der Waals surface area contributed by atoms with Crippen LogP contribution in [-0.4, -0.2) is 9.55 Å². The van der Waals surface area contributed by atoms with Gasteiger partial charge in [-0.1, -0.05) is 11.6 Å². The van der Waals surface area contributed by atoms with E-state index in [2.05, 4.69) is 4.98 Å². The minimum absolute atomic E-state index is 0.0211. The summed E-state index contributed by atoms with van der Waals surface area (Å²) in [5.41, 5.74) is 7.13. The van der Waals surface area contributed by atoms with Crippen molar-refractivity contribution in [2.75, 3.05) is 0 Å². The second-order valence-electron chi connectivity index (χ2n) is 3.45. The van der Waals surface area contributed by atoms with Gasteiger partial charge in [0.25, 0.3) is 0 Å². The molecule has 5 heteroatoms. The van der Waals surface area contributed by atoms with E-state index in [0.29, 0.717) is 0 Å². The van der Waals surface area contributed by atoms with Crippen LogP contribution in [0.25, 0.3) is 0 Å². The Morgan fingerprint density at radius 3 is 2.93 bits per heavy atom. The molecule has 2 heterocycles. The van der Waals surface area contributed by atoms with Crippen LogP contribution in [0.2, 0.25) is 4.34 Å². The first-order valence-corrected chi connectivity index (χ1v) is 5.82. The van der Waals surface area contributed by atoms with E-state index < -0.39 is 0 Å². The van der Waals surface area contributed by atoms with Crippen LogP contribution >= 0.6 is 22.9 Å². The smallest absolute Gasteiger partial charge is 0.0946 e. The fourth-order valence-corrected chi connectivity index (χ4v) is 2.65. The maximum atomic E-state index is 6.08. The lowest BCUT2D eigenvalue weighted by Crippen LogP contribution is -2.15. The van der Waals surface area contributed by atoms with Gasteiger partial charge in [-0.25, -0.2) is 4.98 Å². The van der Waals surface area contributed by atoms with E-state index in [-0.39, 0.29) is 6.04 Å². The van der Waals surface area contributed by atoms with Crippen LogP contribution in [0, 0.1) is 0 Å². The molecule has 0 saturated heterocycles. The van der Waals surface area contributed by atoms with E-state index in [0.717, 1.165) is 16.5 Å². The number of aryl methyl sites for hydroxylation is 1. The molecule has 3 nitrogen and oxygen atoms in total.